The zero-order valence-electron chi connectivity index (χ0n) is 14.6. The van der Waals surface area contributed by atoms with Crippen molar-refractivity contribution in [3.05, 3.63) is 46.8 Å². The summed E-state index contributed by atoms with van der Waals surface area (Å²) in [5.41, 5.74) is 3.94. The topological polar surface area (TPSA) is 58.2 Å². The third-order valence-electron chi connectivity index (χ3n) is 4.78. The summed E-state index contributed by atoms with van der Waals surface area (Å²) in [4.78, 5) is 15.3. The van der Waals surface area contributed by atoms with E-state index in [9.17, 15) is 4.79 Å². The zero-order chi connectivity index (χ0) is 17.1. The predicted molar refractivity (Wildman–Crippen MR) is 93.4 cm³/mol. The van der Waals surface area contributed by atoms with E-state index in [0.717, 1.165) is 60.6 Å². The minimum absolute atomic E-state index is 0.0638. The molecule has 0 amide bonds. The monoisotopic (exact) mass is 327 g/mol. The molecule has 3 rings (SSSR count). The van der Waals surface area contributed by atoms with Crippen LogP contribution in [-0.4, -0.2) is 41.1 Å². The lowest BCUT2D eigenvalue weighted by molar-refractivity contribution is 0.0810. The van der Waals surface area contributed by atoms with Gasteiger partial charge < -0.3 is 4.74 Å². The quantitative estimate of drug-likeness (QED) is 0.857. The number of likely N-dealkylation sites (tertiary alicyclic amines) is 1. The Labute approximate surface area is 143 Å². The second-order valence-corrected chi connectivity index (χ2v) is 6.66. The van der Waals surface area contributed by atoms with Crippen LogP contribution < -0.4 is 4.74 Å². The van der Waals surface area contributed by atoms with Crippen molar-refractivity contribution in [2.45, 2.75) is 33.2 Å². The van der Waals surface area contributed by atoms with Gasteiger partial charge in [-0.1, -0.05) is 0 Å². The number of aromatic nitrogens is 2. The van der Waals surface area contributed by atoms with Crippen molar-refractivity contribution in [1.82, 2.24) is 15.1 Å². The maximum absolute atomic E-state index is 13.0. The number of ketones is 1. The number of carbonyl (C=O) groups is 1. The smallest absolute Gasteiger partial charge is 0.167 e. The molecule has 0 radical (unpaired) electrons. The summed E-state index contributed by atoms with van der Waals surface area (Å²) in [7, 11) is 1.67. The molecule has 0 saturated carbocycles. The Morgan fingerprint density at radius 2 is 2.12 bits per heavy atom. The molecule has 0 spiro atoms. The molecular weight excluding hydrogens is 302 g/mol. The van der Waals surface area contributed by atoms with E-state index in [1.165, 1.54) is 0 Å². The Bertz CT molecular complexity index is 686. The van der Waals surface area contributed by atoms with Gasteiger partial charge in [0.1, 0.15) is 5.75 Å². The van der Waals surface area contributed by atoms with Crippen LogP contribution in [0.25, 0.3) is 0 Å². The van der Waals surface area contributed by atoms with E-state index in [-0.39, 0.29) is 11.7 Å². The minimum Gasteiger partial charge on any atom is -0.496 e. The summed E-state index contributed by atoms with van der Waals surface area (Å²) >= 11 is 0. The maximum atomic E-state index is 13.0. The molecule has 2 heterocycles. The first kappa shape index (κ1) is 16.7. The first-order chi connectivity index (χ1) is 11.6. The molecule has 128 valence electrons. The fourth-order valence-electron chi connectivity index (χ4n) is 3.68. The van der Waals surface area contributed by atoms with Crippen molar-refractivity contribution < 1.29 is 9.53 Å². The van der Waals surface area contributed by atoms with Gasteiger partial charge in [-0.25, -0.2) is 0 Å². The van der Waals surface area contributed by atoms with Crippen molar-refractivity contribution in [3.8, 4) is 5.75 Å². The van der Waals surface area contributed by atoms with Crippen LogP contribution in [0.15, 0.2) is 24.4 Å². The number of hydrogen-bond donors (Lipinski definition) is 1. The lowest BCUT2D eigenvalue weighted by atomic mass is 9.88. The molecule has 5 heteroatoms. The minimum atomic E-state index is 0.0638. The molecule has 1 saturated heterocycles. The number of H-pyrrole nitrogens is 1. The molecule has 5 nitrogen and oxygen atoms in total. The lowest BCUT2D eigenvalue weighted by Gasteiger charge is -2.31. The Morgan fingerprint density at radius 3 is 2.75 bits per heavy atom. The number of ether oxygens (including phenoxy) is 1. The highest BCUT2D eigenvalue weighted by molar-refractivity contribution is 5.98. The van der Waals surface area contributed by atoms with Gasteiger partial charge in [-0.15, -0.1) is 0 Å². The largest absolute Gasteiger partial charge is 0.496 e. The van der Waals surface area contributed by atoms with Gasteiger partial charge in [0.15, 0.2) is 5.78 Å². The maximum Gasteiger partial charge on any atom is 0.167 e. The van der Waals surface area contributed by atoms with Gasteiger partial charge in [0.2, 0.25) is 0 Å². The van der Waals surface area contributed by atoms with Crippen LogP contribution in [0.2, 0.25) is 0 Å². The van der Waals surface area contributed by atoms with Gasteiger partial charge in [-0.2, -0.15) is 5.10 Å². The van der Waals surface area contributed by atoms with Crippen LogP contribution >= 0.6 is 0 Å². The molecule has 1 fully saturated rings. The number of aromatic amines is 1. The van der Waals surface area contributed by atoms with Gasteiger partial charge in [0, 0.05) is 36.5 Å². The molecule has 1 aromatic carbocycles. The van der Waals surface area contributed by atoms with Crippen molar-refractivity contribution in [3.63, 3.8) is 0 Å². The van der Waals surface area contributed by atoms with Crippen molar-refractivity contribution >= 4 is 5.78 Å². The number of rotatable bonds is 5. The van der Waals surface area contributed by atoms with E-state index in [1.54, 1.807) is 13.3 Å². The summed E-state index contributed by atoms with van der Waals surface area (Å²) in [6, 6.07) is 5.91. The van der Waals surface area contributed by atoms with Gasteiger partial charge in [0.05, 0.1) is 7.11 Å². The summed E-state index contributed by atoms with van der Waals surface area (Å²) in [5.74, 6) is 1.18. The van der Waals surface area contributed by atoms with E-state index in [1.807, 2.05) is 32.0 Å². The number of benzene rings is 1. The number of piperidine rings is 1. The van der Waals surface area contributed by atoms with Crippen LogP contribution in [0, 0.1) is 19.8 Å². The number of Topliss-reactive ketones (excluding diaryl/α,β-unsaturated/α-hetero) is 1. The van der Waals surface area contributed by atoms with Crippen molar-refractivity contribution in [2.24, 2.45) is 5.92 Å². The Hall–Kier alpha value is -2.14. The van der Waals surface area contributed by atoms with E-state index in [0.29, 0.717) is 0 Å². The van der Waals surface area contributed by atoms with Crippen LogP contribution in [-0.2, 0) is 6.54 Å². The molecule has 24 heavy (non-hydrogen) atoms. The molecule has 0 bridgehead atoms. The van der Waals surface area contributed by atoms with Crippen molar-refractivity contribution in [1.29, 1.82) is 0 Å². The van der Waals surface area contributed by atoms with E-state index < -0.39 is 0 Å². The first-order valence-electron chi connectivity index (χ1n) is 8.48. The van der Waals surface area contributed by atoms with Crippen molar-refractivity contribution in [2.75, 3.05) is 20.2 Å². The molecule has 1 aliphatic rings. The number of nitrogens with one attached hydrogen (secondary N) is 1. The van der Waals surface area contributed by atoms with Crippen LogP contribution in [0.1, 0.15) is 40.0 Å². The second-order valence-electron chi connectivity index (χ2n) is 6.66. The van der Waals surface area contributed by atoms with Gasteiger partial charge in [-0.3, -0.25) is 14.8 Å². The number of carbonyl (C=O) groups excluding carboxylic acids is 1. The van der Waals surface area contributed by atoms with Crippen LogP contribution in [0.5, 0.6) is 5.75 Å². The summed E-state index contributed by atoms with van der Waals surface area (Å²) in [6.07, 6.45) is 3.78. The Balaban J connectivity index is 1.72. The van der Waals surface area contributed by atoms with Gasteiger partial charge in [0.25, 0.3) is 0 Å². The number of aryl methyl sites for hydroxylation is 2. The predicted octanol–water partition coefficient (Wildman–Crippen LogP) is 3.13. The SMILES string of the molecule is COc1c(C)cc(C(=O)C2CCCN(Cc3ccn[nH]3)C2)cc1C. The van der Waals surface area contributed by atoms with Crippen LogP contribution in [0.3, 0.4) is 0 Å². The first-order valence-corrected chi connectivity index (χ1v) is 8.48. The normalized spacial score (nSPS) is 18.5. The standard InChI is InChI=1S/C19H25N3O2/c1-13-9-16(10-14(2)19(13)24-3)18(23)15-5-4-8-22(11-15)12-17-6-7-20-21-17/h6-7,9-10,15H,4-5,8,11-12H2,1-3H3,(H,20,21). The van der Waals surface area contributed by atoms with E-state index in [2.05, 4.69) is 15.1 Å². The second kappa shape index (κ2) is 7.18. The number of methoxy groups -OCH3 is 1. The Morgan fingerprint density at radius 1 is 1.38 bits per heavy atom. The molecule has 1 atom stereocenters. The molecular formula is C19H25N3O2. The van der Waals surface area contributed by atoms with Crippen LogP contribution in [0.4, 0.5) is 0 Å². The fraction of sp³-hybridized carbons (Fsp3) is 0.474. The molecule has 2 aromatic rings. The lowest BCUT2D eigenvalue weighted by Crippen LogP contribution is -2.38. The Kier molecular flexibility index (Phi) is 5.00. The summed E-state index contributed by atoms with van der Waals surface area (Å²) in [5, 5.41) is 6.99. The molecule has 1 N–H and O–H groups in total. The summed E-state index contributed by atoms with van der Waals surface area (Å²) in [6.45, 7) is 6.65. The molecule has 1 aliphatic heterocycles. The van der Waals surface area contributed by atoms with E-state index >= 15 is 0 Å². The van der Waals surface area contributed by atoms with Gasteiger partial charge >= 0.3 is 0 Å². The van der Waals surface area contributed by atoms with E-state index in [4.69, 9.17) is 4.74 Å². The third-order valence-corrected chi connectivity index (χ3v) is 4.78. The average Bonchev–Trinajstić information content (AvgIpc) is 3.07. The molecule has 0 aliphatic carbocycles. The fourth-order valence-corrected chi connectivity index (χ4v) is 3.68. The highest BCUT2D eigenvalue weighted by Gasteiger charge is 2.27. The summed E-state index contributed by atoms with van der Waals surface area (Å²) < 4.78 is 5.40. The third kappa shape index (κ3) is 3.51. The number of hydrogen-bond acceptors (Lipinski definition) is 4. The van der Waals surface area contributed by atoms with Gasteiger partial charge in [-0.05, 0) is 62.6 Å². The molecule has 1 unspecified atom stereocenters. The highest BCUT2D eigenvalue weighted by atomic mass is 16.5. The zero-order valence-corrected chi connectivity index (χ0v) is 14.6. The molecule has 1 aromatic heterocycles. The highest BCUT2D eigenvalue weighted by Crippen LogP contribution is 2.28. The number of nitrogens with zero attached hydrogens (tertiary/aromatic N) is 2. The average molecular weight is 327 g/mol.